The Bertz CT molecular complexity index is 594. The highest BCUT2D eigenvalue weighted by molar-refractivity contribution is 5.93. The summed E-state index contributed by atoms with van der Waals surface area (Å²) < 4.78 is 0. The molecule has 0 aliphatic heterocycles. The molecule has 0 aliphatic rings. The molecule has 3 amide bonds. The Balaban J connectivity index is 4.87. The second-order valence-corrected chi connectivity index (χ2v) is 7.03. The first-order valence-corrected chi connectivity index (χ1v) is 8.96. The summed E-state index contributed by atoms with van der Waals surface area (Å²) in [6, 6.07) is -4.21. The summed E-state index contributed by atoms with van der Waals surface area (Å²) in [5, 5.41) is 24.7. The number of carbonyl (C=O) groups excluding carboxylic acids is 3. The van der Waals surface area contributed by atoms with Gasteiger partial charge in [0.1, 0.15) is 18.1 Å². The van der Waals surface area contributed by atoms with E-state index in [9.17, 15) is 24.0 Å². The lowest BCUT2D eigenvalue weighted by Crippen LogP contribution is -2.56. The van der Waals surface area contributed by atoms with Crippen LogP contribution < -0.4 is 21.7 Å². The van der Waals surface area contributed by atoms with Gasteiger partial charge in [0.15, 0.2) is 0 Å². The summed E-state index contributed by atoms with van der Waals surface area (Å²) in [5.41, 5.74) is 5.59. The fourth-order valence-corrected chi connectivity index (χ4v) is 2.17. The Kier molecular flexibility index (Phi) is 10.8. The average Bonchev–Trinajstić information content (AvgIpc) is 2.57. The normalized spacial score (nSPS) is 15.1. The van der Waals surface area contributed by atoms with E-state index in [1.807, 2.05) is 13.8 Å². The van der Waals surface area contributed by atoms with Crippen molar-refractivity contribution in [3.8, 4) is 0 Å². The van der Waals surface area contributed by atoms with Crippen molar-refractivity contribution in [2.45, 2.75) is 71.1 Å². The number of nitrogens with two attached hydrogens (primary N) is 1. The van der Waals surface area contributed by atoms with Gasteiger partial charge in [0.05, 0.1) is 6.04 Å². The maximum atomic E-state index is 12.3. The van der Waals surface area contributed by atoms with Gasteiger partial charge in [-0.25, -0.2) is 0 Å². The van der Waals surface area contributed by atoms with E-state index in [2.05, 4.69) is 16.0 Å². The third kappa shape index (κ3) is 9.86. The van der Waals surface area contributed by atoms with Crippen molar-refractivity contribution in [2.24, 2.45) is 11.7 Å². The molecule has 0 radical (unpaired) electrons. The number of hydrogen-bond acceptors (Lipinski definition) is 6. The Labute approximate surface area is 163 Å². The predicted octanol–water partition coefficient (Wildman–Crippen LogP) is -1.20. The van der Waals surface area contributed by atoms with Gasteiger partial charge in [0, 0.05) is 6.42 Å². The van der Waals surface area contributed by atoms with Gasteiger partial charge in [-0.05, 0) is 32.6 Å². The summed E-state index contributed by atoms with van der Waals surface area (Å²) >= 11 is 0. The molecule has 0 rings (SSSR count). The molecule has 0 aliphatic carbocycles. The van der Waals surface area contributed by atoms with E-state index >= 15 is 0 Å². The van der Waals surface area contributed by atoms with Gasteiger partial charge in [-0.2, -0.15) is 0 Å². The van der Waals surface area contributed by atoms with Crippen molar-refractivity contribution < 1.29 is 34.2 Å². The van der Waals surface area contributed by atoms with Crippen molar-refractivity contribution in [3.05, 3.63) is 0 Å². The summed E-state index contributed by atoms with van der Waals surface area (Å²) in [4.78, 5) is 58.0. The summed E-state index contributed by atoms with van der Waals surface area (Å²) in [6.07, 6.45) is -0.1000. The monoisotopic (exact) mass is 402 g/mol. The lowest BCUT2D eigenvalue weighted by Gasteiger charge is -2.24. The molecule has 0 fully saturated rings. The van der Waals surface area contributed by atoms with Crippen LogP contribution in [0.2, 0.25) is 0 Å². The molecule has 7 N–H and O–H groups in total. The molecule has 160 valence electrons. The number of aliphatic carboxylic acids is 2. The van der Waals surface area contributed by atoms with Crippen LogP contribution in [0.15, 0.2) is 0 Å². The van der Waals surface area contributed by atoms with Crippen LogP contribution in [-0.2, 0) is 24.0 Å². The second kappa shape index (κ2) is 11.9. The maximum Gasteiger partial charge on any atom is 0.325 e. The van der Waals surface area contributed by atoms with Gasteiger partial charge >= 0.3 is 11.9 Å². The number of rotatable bonds is 12. The number of amides is 3. The van der Waals surface area contributed by atoms with Crippen molar-refractivity contribution in [1.29, 1.82) is 0 Å². The molecule has 0 saturated heterocycles. The molecule has 11 heteroatoms. The molecule has 0 spiro atoms. The van der Waals surface area contributed by atoms with Crippen LogP contribution in [0.3, 0.4) is 0 Å². The molecule has 0 saturated carbocycles. The minimum atomic E-state index is -1.21. The van der Waals surface area contributed by atoms with Gasteiger partial charge in [-0.3, -0.25) is 24.0 Å². The predicted molar refractivity (Wildman–Crippen MR) is 99.1 cm³/mol. The second-order valence-electron chi connectivity index (χ2n) is 7.03. The first-order valence-electron chi connectivity index (χ1n) is 8.96. The van der Waals surface area contributed by atoms with E-state index in [4.69, 9.17) is 15.9 Å². The van der Waals surface area contributed by atoms with Gasteiger partial charge in [0.2, 0.25) is 17.7 Å². The molecular weight excluding hydrogens is 372 g/mol. The number of carboxylic acids is 2. The first kappa shape index (κ1) is 25.3. The van der Waals surface area contributed by atoms with Crippen LogP contribution in [0.1, 0.15) is 47.0 Å². The lowest BCUT2D eigenvalue weighted by molar-refractivity contribution is -0.142. The van der Waals surface area contributed by atoms with Crippen LogP contribution in [-0.4, -0.2) is 64.0 Å². The number of nitrogens with one attached hydrogen (secondary N) is 3. The van der Waals surface area contributed by atoms with Crippen molar-refractivity contribution in [1.82, 2.24) is 16.0 Å². The lowest BCUT2D eigenvalue weighted by atomic mass is 10.0. The van der Waals surface area contributed by atoms with E-state index in [0.29, 0.717) is 0 Å². The van der Waals surface area contributed by atoms with Crippen molar-refractivity contribution in [3.63, 3.8) is 0 Å². The van der Waals surface area contributed by atoms with E-state index in [0.717, 1.165) is 0 Å². The Hall–Kier alpha value is -2.69. The van der Waals surface area contributed by atoms with Crippen LogP contribution in [0.4, 0.5) is 0 Å². The SMILES string of the molecule is CC(C)C[C@H](NC(=O)[C@H](C)NC(=O)[C@@H](N)CCC(=O)O)C(=O)N[C@@H](C)C(=O)O. The number of carboxylic acid groups (broad SMARTS) is 2. The van der Waals surface area contributed by atoms with Gasteiger partial charge in [-0.15, -0.1) is 0 Å². The Morgan fingerprint density at radius 1 is 0.821 bits per heavy atom. The third-order valence-corrected chi connectivity index (χ3v) is 3.83. The van der Waals surface area contributed by atoms with E-state index in [1.165, 1.54) is 13.8 Å². The van der Waals surface area contributed by atoms with Crippen LogP contribution in [0, 0.1) is 5.92 Å². The minimum Gasteiger partial charge on any atom is -0.481 e. The van der Waals surface area contributed by atoms with E-state index in [-0.39, 0.29) is 25.2 Å². The standard InChI is InChI=1S/C17H30N4O7/c1-8(2)7-12(16(26)20-10(4)17(27)28)21-14(24)9(3)19-15(25)11(18)5-6-13(22)23/h8-12H,5-7,18H2,1-4H3,(H,19,25)(H,20,26)(H,21,24)(H,22,23)(H,27,28)/t9-,10-,11-,12-/m0/s1. The highest BCUT2D eigenvalue weighted by Crippen LogP contribution is 2.06. The quantitative estimate of drug-likeness (QED) is 0.235. The molecule has 28 heavy (non-hydrogen) atoms. The molecular formula is C17H30N4O7. The van der Waals surface area contributed by atoms with E-state index in [1.54, 1.807) is 0 Å². The topological polar surface area (TPSA) is 188 Å². The maximum absolute atomic E-state index is 12.3. The third-order valence-electron chi connectivity index (χ3n) is 3.83. The molecule has 0 aromatic carbocycles. The summed E-state index contributed by atoms with van der Waals surface area (Å²) in [5.74, 6) is -4.25. The Morgan fingerprint density at radius 3 is 1.82 bits per heavy atom. The zero-order valence-corrected chi connectivity index (χ0v) is 16.5. The fourth-order valence-electron chi connectivity index (χ4n) is 2.17. The molecule has 0 heterocycles. The van der Waals surface area contributed by atoms with Gasteiger partial charge in [-0.1, -0.05) is 13.8 Å². The first-order chi connectivity index (χ1) is 12.8. The zero-order chi connectivity index (χ0) is 22.0. The van der Waals surface area contributed by atoms with E-state index < -0.39 is 53.8 Å². The molecule has 0 unspecified atom stereocenters. The van der Waals surface area contributed by atoms with Crippen LogP contribution in [0.25, 0.3) is 0 Å². The van der Waals surface area contributed by atoms with Gasteiger partial charge in [0.25, 0.3) is 0 Å². The van der Waals surface area contributed by atoms with Gasteiger partial charge < -0.3 is 31.9 Å². The fraction of sp³-hybridized carbons (Fsp3) is 0.706. The van der Waals surface area contributed by atoms with Crippen LogP contribution >= 0.6 is 0 Å². The smallest absolute Gasteiger partial charge is 0.325 e. The zero-order valence-electron chi connectivity index (χ0n) is 16.5. The average molecular weight is 402 g/mol. The van der Waals surface area contributed by atoms with Crippen molar-refractivity contribution in [2.75, 3.05) is 0 Å². The summed E-state index contributed by atoms with van der Waals surface area (Å²) in [6.45, 7) is 6.36. The Morgan fingerprint density at radius 2 is 1.36 bits per heavy atom. The molecule has 4 atom stereocenters. The molecule has 11 nitrogen and oxygen atoms in total. The number of hydrogen-bond donors (Lipinski definition) is 6. The molecule has 0 aromatic heterocycles. The van der Waals surface area contributed by atoms with Crippen molar-refractivity contribution >= 4 is 29.7 Å². The largest absolute Gasteiger partial charge is 0.481 e. The van der Waals surface area contributed by atoms with Crippen LogP contribution in [0.5, 0.6) is 0 Å². The molecule has 0 aromatic rings. The number of carbonyl (C=O) groups is 5. The highest BCUT2D eigenvalue weighted by atomic mass is 16.4. The molecule has 0 bridgehead atoms. The highest BCUT2D eigenvalue weighted by Gasteiger charge is 2.28. The minimum absolute atomic E-state index is 0.0329. The summed E-state index contributed by atoms with van der Waals surface area (Å²) in [7, 11) is 0.